The fraction of sp³-hybridized carbons (Fsp3) is 0.125. The van der Waals surface area contributed by atoms with Gasteiger partial charge in [0.25, 0.3) is 0 Å². The van der Waals surface area contributed by atoms with E-state index in [2.05, 4.69) is 36.4 Å². The number of fused-ring (bicyclic) bond motifs is 4. The topological polar surface area (TPSA) is 52.6 Å². The summed E-state index contributed by atoms with van der Waals surface area (Å²) in [6.07, 6.45) is -0.00405. The van der Waals surface area contributed by atoms with Crippen LogP contribution in [-0.2, 0) is 15.9 Å². The smallest absolute Gasteiger partial charge is 0.338 e. The molecule has 0 saturated carbocycles. The summed E-state index contributed by atoms with van der Waals surface area (Å²) in [5.74, 6) is -0.857. The third-order valence-electron chi connectivity index (χ3n) is 6.86. The van der Waals surface area contributed by atoms with Gasteiger partial charge in [0.15, 0.2) is 6.10 Å². The van der Waals surface area contributed by atoms with Crippen molar-refractivity contribution in [2.45, 2.75) is 25.0 Å². The fourth-order valence-electron chi connectivity index (χ4n) is 5.05. The van der Waals surface area contributed by atoms with E-state index in [0.29, 0.717) is 17.5 Å². The van der Waals surface area contributed by atoms with Crippen molar-refractivity contribution in [3.8, 4) is 0 Å². The van der Waals surface area contributed by atoms with Gasteiger partial charge in [0, 0.05) is 5.56 Å². The predicted molar refractivity (Wildman–Crippen MR) is 140 cm³/mol. The SMILES string of the molecule is O=C(O[C@@H]1CCc2cc3c(ccc4ccccc43)cc2[C@@H]1OC(=O)c1ccccc1)c1ccccc1. The highest BCUT2D eigenvalue weighted by Crippen LogP contribution is 2.39. The second-order valence-corrected chi connectivity index (χ2v) is 9.10. The quantitative estimate of drug-likeness (QED) is 0.207. The zero-order valence-corrected chi connectivity index (χ0v) is 19.6. The summed E-state index contributed by atoms with van der Waals surface area (Å²) < 4.78 is 12.0. The van der Waals surface area contributed by atoms with E-state index in [-0.39, 0.29) is 0 Å². The van der Waals surface area contributed by atoms with Gasteiger partial charge in [-0.25, -0.2) is 9.59 Å². The largest absolute Gasteiger partial charge is 0.454 e. The van der Waals surface area contributed by atoms with Crippen LogP contribution in [0.5, 0.6) is 0 Å². The number of benzene rings is 5. The molecular formula is C32H24O4. The summed E-state index contributed by atoms with van der Waals surface area (Å²) in [7, 11) is 0. The number of esters is 2. The van der Waals surface area contributed by atoms with Crippen molar-refractivity contribution >= 4 is 33.5 Å². The van der Waals surface area contributed by atoms with Gasteiger partial charge >= 0.3 is 11.9 Å². The Morgan fingerprint density at radius 2 is 1.22 bits per heavy atom. The summed E-state index contributed by atoms with van der Waals surface area (Å²) in [5, 5.41) is 4.60. The van der Waals surface area contributed by atoms with E-state index in [1.807, 2.05) is 24.3 Å². The molecule has 2 atom stereocenters. The zero-order chi connectivity index (χ0) is 24.5. The first-order valence-electron chi connectivity index (χ1n) is 12.1. The minimum atomic E-state index is -0.704. The third-order valence-corrected chi connectivity index (χ3v) is 6.86. The highest BCUT2D eigenvalue weighted by molar-refractivity contribution is 6.08. The molecule has 0 fully saturated rings. The minimum absolute atomic E-state index is 0.420. The Morgan fingerprint density at radius 3 is 1.94 bits per heavy atom. The number of hydrogen-bond acceptors (Lipinski definition) is 4. The molecule has 176 valence electrons. The molecule has 0 aromatic heterocycles. The van der Waals surface area contributed by atoms with Crippen molar-refractivity contribution in [1.29, 1.82) is 0 Å². The first-order valence-corrected chi connectivity index (χ1v) is 12.1. The Balaban J connectivity index is 1.41. The van der Waals surface area contributed by atoms with Gasteiger partial charge in [0.05, 0.1) is 11.1 Å². The summed E-state index contributed by atoms with van der Waals surface area (Å²) >= 11 is 0. The Kier molecular flexibility index (Phi) is 5.70. The van der Waals surface area contributed by atoms with Crippen molar-refractivity contribution < 1.29 is 19.1 Å². The van der Waals surface area contributed by atoms with Gasteiger partial charge in [-0.3, -0.25) is 0 Å². The predicted octanol–water partition coefficient (Wildman–Crippen LogP) is 7.06. The molecule has 0 unspecified atom stereocenters. The Bertz CT molecular complexity index is 1570. The lowest BCUT2D eigenvalue weighted by molar-refractivity contribution is -0.0436. The third kappa shape index (κ3) is 4.11. The van der Waals surface area contributed by atoms with Gasteiger partial charge in [-0.15, -0.1) is 0 Å². The molecule has 1 aliphatic rings. The van der Waals surface area contributed by atoms with E-state index in [1.54, 1.807) is 48.5 Å². The maximum absolute atomic E-state index is 13.1. The lowest BCUT2D eigenvalue weighted by Gasteiger charge is -2.33. The number of carbonyl (C=O) groups excluding carboxylic acids is 2. The van der Waals surface area contributed by atoms with Crippen molar-refractivity contribution in [2.75, 3.05) is 0 Å². The molecule has 0 aliphatic heterocycles. The van der Waals surface area contributed by atoms with Gasteiger partial charge in [0.2, 0.25) is 0 Å². The van der Waals surface area contributed by atoms with Crippen LogP contribution in [0, 0.1) is 0 Å². The van der Waals surface area contributed by atoms with Crippen LogP contribution in [0.3, 0.4) is 0 Å². The molecular weight excluding hydrogens is 448 g/mol. The van der Waals surface area contributed by atoms with Crippen molar-refractivity contribution in [1.82, 2.24) is 0 Å². The molecule has 6 rings (SSSR count). The first kappa shape index (κ1) is 22.1. The fourth-order valence-corrected chi connectivity index (χ4v) is 5.05. The molecule has 0 amide bonds. The van der Waals surface area contributed by atoms with E-state index < -0.39 is 24.1 Å². The standard InChI is InChI=1S/C32H24O4/c33-31(22-10-3-1-4-11-22)35-29-18-17-25-19-27-24(16-15-21-9-7-8-14-26(21)27)20-28(25)30(29)36-32(34)23-12-5-2-6-13-23/h1-16,19-20,29-30H,17-18H2/t29-,30+/m1/s1. The molecule has 0 radical (unpaired) electrons. The molecule has 4 nitrogen and oxygen atoms in total. The van der Waals surface area contributed by atoms with Crippen molar-refractivity contribution in [3.05, 3.63) is 131 Å². The highest BCUT2D eigenvalue weighted by Gasteiger charge is 2.36. The Morgan fingerprint density at radius 1 is 0.611 bits per heavy atom. The van der Waals surface area contributed by atoms with Crippen LogP contribution in [0.4, 0.5) is 0 Å². The van der Waals surface area contributed by atoms with Crippen molar-refractivity contribution in [2.24, 2.45) is 0 Å². The van der Waals surface area contributed by atoms with Crippen LogP contribution < -0.4 is 0 Å². The number of hydrogen-bond donors (Lipinski definition) is 0. The van der Waals surface area contributed by atoms with E-state index in [4.69, 9.17) is 9.47 Å². The summed E-state index contributed by atoms with van der Waals surface area (Å²) in [5.41, 5.74) is 2.93. The van der Waals surface area contributed by atoms with Gasteiger partial charge < -0.3 is 9.47 Å². The summed E-state index contributed by atoms with van der Waals surface area (Å²) in [6.45, 7) is 0. The molecule has 4 heteroatoms. The molecule has 36 heavy (non-hydrogen) atoms. The van der Waals surface area contributed by atoms with E-state index in [0.717, 1.165) is 22.9 Å². The normalized spacial score (nSPS) is 16.9. The average molecular weight is 473 g/mol. The molecule has 0 bridgehead atoms. The highest BCUT2D eigenvalue weighted by atomic mass is 16.6. The van der Waals surface area contributed by atoms with Gasteiger partial charge in [-0.2, -0.15) is 0 Å². The van der Waals surface area contributed by atoms with Gasteiger partial charge in [-0.1, -0.05) is 78.9 Å². The Labute approximate surface area is 209 Å². The Hall–Kier alpha value is -4.44. The average Bonchev–Trinajstić information content (AvgIpc) is 2.94. The molecule has 5 aromatic carbocycles. The molecule has 0 saturated heterocycles. The molecule has 1 aliphatic carbocycles. The first-order chi connectivity index (χ1) is 17.7. The monoisotopic (exact) mass is 472 g/mol. The molecule has 0 heterocycles. The van der Waals surface area contributed by atoms with E-state index in [1.165, 1.54) is 16.2 Å². The number of ether oxygens (including phenoxy) is 2. The van der Waals surface area contributed by atoms with Crippen LogP contribution >= 0.6 is 0 Å². The zero-order valence-electron chi connectivity index (χ0n) is 19.6. The number of rotatable bonds is 4. The molecule has 5 aromatic rings. The van der Waals surface area contributed by atoms with Crippen molar-refractivity contribution in [3.63, 3.8) is 0 Å². The number of carbonyl (C=O) groups is 2. The molecule has 0 N–H and O–H groups in total. The van der Waals surface area contributed by atoms with Crippen LogP contribution in [0.25, 0.3) is 21.5 Å². The number of aryl methyl sites for hydroxylation is 1. The van der Waals surface area contributed by atoms with Gasteiger partial charge in [0.1, 0.15) is 6.10 Å². The second-order valence-electron chi connectivity index (χ2n) is 9.10. The van der Waals surface area contributed by atoms with Crippen LogP contribution in [0.1, 0.15) is 44.4 Å². The van der Waals surface area contributed by atoms with Crippen LogP contribution in [0.15, 0.2) is 109 Å². The molecule has 0 spiro atoms. The second kappa shape index (κ2) is 9.31. The summed E-state index contributed by atoms with van der Waals surface area (Å²) in [6, 6.07) is 34.6. The lowest BCUT2D eigenvalue weighted by atomic mass is 9.84. The van der Waals surface area contributed by atoms with E-state index in [9.17, 15) is 9.59 Å². The van der Waals surface area contributed by atoms with E-state index >= 15 is 0 Å². The minimum Gasteiger partial charge on any atom is -0.454 e. The maximum Gasteiger partial charge on any atom is 0.338 e. The summed E-state index contributed by atoms with van der Waals surface area (Å²) in [4.78, 5) is 26.0. The maximum atomic E-state index is 13.1. The van der Waals surface area contributed by atoms with Gasteiger partial charge in [-0.05, 0) is 70.3 Å². The lowest BCUT2D eigenvalue weighted by Crippen LogP contribution is -2.33. The van der Waals surface area contributed by atoms with Crippen LogP contribution in [-0.4, -0.2) is 18.0 Å². The van der Waals surface area contributed by atoms with Crippen LogP contribution in [0.2, 0.25) is 0 Å².